The number of para-hydroxylation sites is 1. The van der Waals surface area contributed by atoms with Gasteiger partial charge in [0.1, 0.15) is 5.84 Å². The first-order chi connectivity index (χ1) is 21.3. The van der Waals surface area contributed by atoms with Crippen molar-refractivity contribution < 1.29 is 14.4 Å². The van der Waals surface area contributed by atoms with Gasteiger partial charge in [0.15, 0.2) is 5.78 Å². The number of amidine groups is 1. The Morgan fingerprint density at radius 1 is 1.05 bits per heavy atom. The van der Waals surface area contributed by atoms with E-state index < -0.39 is 0 Å². The van der Waals surface area contributed by atoms with Crippen molar-refractivity contribution in [1.29, 1.82) is 0 Å². The molecule has 0 saturated heterocycles. The molecule has 2 amide bonds. The van der Waals surface area contributed by atoms with Gasteiger partial charge in [-0.1, -0.05) is 38.1 Å². The zero-order valence-corrected chi connectivity index (χ0v) is 25.4. The molecule has 3 aromatic rings. The summed E-state index contributed by atoms with van der Waals surface area (Å²) in [7, 11) is 0. The van der Waals surface area contributed by atoms with Gasteiger partial charge in [0.05, 0.1) is 23.6 Å². The summed E-state index contributed by atoms with van der Waals surface area (Å²) < 4.78 is 0. The molecule has 2 aromatic carbocycles. The third-order valence-corrected chi connectivity index (χ3v) is 7.96. The Hall–Kier alpha value is -4.79. The number of pyridine rings is 1. The Labute approximate surface area is 258 Å². The number of carbonyl (C=O) groups is 3. The second-order valence-electron chi connectivity index (χ2n) is 11.4. The van der Waals surface area contributed by atoms with Crippen LogP contribution in [0.3, 0.4) is 0 Å². The van der Waals surface area contributed by atoms with E-state index in [1.165, 1.54) is 5.56 Å². The number of nitrogens with zero attached hydrogens (tertiary/aromatic N) is 3. The molecule has 228 valence electrons. The Morgan fingerprint density at radius 2 is 1.84 bits per heavy atom. The van der Waals surface area contributed by atoms with E-state index in [-0.39, 0.29) is 30.1 Å². The first-order valence-electron chi connectivity index (χ1n) is 15.4. The van der Waals surface area contributed by atoms with Crippen molar-refractivity contribution in [1.82, 2.24) is 9.88 Å². The van der Waals surface area contributed by atoms with Gasteiger partial charge >= 0.3 is 0 Å². The van der Waals surface area contributed by atoms with Crippen LogP contribution in [0, 0.1) is 0 Å². The molecule has 0 spiro atoms. The number of nitrogens with two attached hydrogens (primary N) is 1. The lowest BCUT2D eigenvalue weighted by Crippen LogP contribution is -2.34. The molecule has 0 radical (unpaired) electrons. The van der Waals surface area contributed by atoms with Crippen LogP contribution in [0.15, 0.2) is 71.5 Å². The van der Waals surface area contributed by atoms with Gasteiger partial charge in [-0.15, -0.1) is 0 Å². The first kappa shape index (κ1) is 30.7. The number of aromatic nitrogens is 1. The van der Waals surface area contributed by atoms with Gasteiger partial charge in [-0.05, 0) is 73.6 Å². The van der Waals surface area contributed by atoms with Gasteiger partial charge in [0.2, 0.25) is 5.91 Å². The molecule has 1 aromatic heterocycles. The minimum atomic E-state index is -0.316. The van der Waals surface area contributed by atoms with Crippen molar-refractivity contribution in [3.05, 3.63) is 88.8 Å². The highest BCUT2D eigenvalue weighted by Gasteiger charge is 2.24. The monoisotopic (exact) mass is 592 g/mol. The topological polar surface area (TPSA) is 130 Å². The standard InChI is InChI=1S/C35H40N6O3/c1-3-15-41(16-4-2)35(44)27-18-25-10-11-26(19-31(25)40-33(36)20-27)34(43)38-28-17-23(21-37-22-28)9-14-32(42)30-13-12-24-7-5-6-8-29(24)39-30/h5-8,10-11,17-19,21-22,30,39H,3-4,9,12-16,20H2,1-2H3,(H2,36,40)(H,38,43). The third kappa shape index (κ3) is 7.40. The summed E-state index contributed by atoms with van der Waals surface area (Å²) in [6.45, 7) is 5.48. The van der Waals surface area contributed by atoms with Crippen LogP contribution in [0.5, 0.6) is 0 Å². The van der Waals surface area contributed by atoms with E-state index in [2.05, 4.69) is 40.5 Å². The van der Waals surface area contributed by atoms with Crippen molar-refractivity contribution in [2.75, 3.05) is 23.7 Å². The van der Waals surface area contributed by atoms with Gasteiger partial charge in [0.25, 0.3) is 5.91 Å². The number of rotatable bonds is 11. The Bertz CT molecular complexity index is 1610. The smallest absolute Gasteiger partial charge is 0.255 e. The van der Waals surface area contributed by atoms with E-state index in [1.807, 2.05) is 35.2 Å². The number of aryl methyl sites for hydroxylation is 2. The number of ketones is 1. The number of hydrogen-bond donors (Lipinski definition) is 3. The first-order valence-corrected chi connectivity index (χ1v) is 15.4. The number of hydrogen-bond acceptors (Lipinski definition) is 7. The molecule has 44 heavy (non-hydrogen) atoms. The minimum Gasteiger partial charge on any atom is -0.387 e. The number of aliphatic imine (C=N–C) groups is 1. The summed E-state index contributed by atoms with van der Waals surface area (Å²) in [5.41, 5.74) is 12.2. The lowest BCUT2D eigenvalue weighted by Gasteiger charge is -2.26. The zero-order chi connectivity index (χ0) is 31.1. The van der Waals surface area contributed by atoms with Crippen LogP contribution in [-0.2, 0) is 22.4 Å². The maximum absolute atomic E-state index is 13.3. The normalized spacial score (nSPS) is 15.5. The largest absolute Gasteiger partial charge is 0.387 e. The molecule has 5 rings (SSSR count). The summed E-state index contributed by atoms with van der Waals surface area (Å²) in [6.07, 6.45) is 9.73. The Balaban J connectivity index is 1.23. The van der Waals surface area contributed by atoms with Crippen molar-refractivity contribution in [3.63, 3.8) is 0 Å². The van der Waals surface area contributed by atoms with Crippen LogP contribution in [0.1, 0.15) is 73.0 Å². The fourth-order valence-corrected chi connectivity index (χ4v) is 5.75. The molecule has 0 fully saturated rings. The lowest BCUT2D eigenvalue weighted by atomic mass is 9.93. The minimum absolute atomic E-state index is 0.0315. The van der Waals surface area contributed by atoms with Crippen LogP contribution in [0.25, 0.3) is 6.08 Å². The quantitative estimate of drug-likeness (QED) is 0.262. The van der Waals surface area contributed by atoms with E-state index in [4.69, 9.17) is 5.73 Å². The van der Waals surface area contributed by atoms with Gasteiger partial charge in [-0.25, -0.2) is 4.99 Å². The Kier molecular flexibility index (Phi) is 9.84. The summed E-state index contributed by atoms with van der Waals surface area (Å²) in [5, 5.41) is 6.29. The number of anilines is 2. The molecular weight excluding hydrogens is 552 g/mol. The van der Waals surface area contributed by atoms with E-state index in [0.717, 1.165) is 42.5 Å². The van der Waals surface area contributed by atoms with Gasteiger partial charge in [0, 0.05) is 54.5 Å². The van der Waals surface area contributed by atoms with Crippen LogP contribution >= 0.6 is 0 Å². The second-order valence-corrected chi connectivity index (χ2v) is 11.4. The third-order valence-electron chi connectivity index (χ3n) is 7.96. The van der Waals surface area contributed by atoms with E-state index in [9.17, 15) is 14.4 Å². The molecule has 9 heteroatoms. The summed E-state index contributed by atoms with van der Waals surface area (Å²) in [6, 6.07) is 14.9. The highest BCUT2D eigenvalue weighted by Crippen LogP contribution is 2.29. The van der Waals surface area contributed by atoms with Gasteiger partial charge < -0.3 is 21.3 Å². The lowest BCUT2D eigenvalue weighted by molar-refractivity contribution is -0.127. The SMILES string of the molecule is CCCN(CCC)C(=O)C1=Cc2ccc(C(=O)Nc3cncc(CCC(=O)C4CCc5ccccc5N4)c3)cc2N=C(N)C1. The predicted octanol–water partition coefficient (Wildman–Crippen LogP) is 5.69. The summed E-state index contributed by atoms with van der Waals surface area (Å²) in [4.78, 5) is 50.1. The van der Waals surface area contributed by atoms with E-state index in [1.54, 1.807) is 30.6 Å². The van der Waals surface area contributed by atoms with E-state index >= 15 is 0 Å². The highest BCUT2D eigenvalue weighted by molar-refractivity contribution is 6.08. The van der Waals surface area contributed by atoms with Gasteiger partial charge in [-0.2, -0.15) is 0 Å². The number of nitrogens with one attached hydrogen (secondary N) is 2. The van der Waals surface area contributed by atoms with E-state index in [0.29, 0.717) is 54.3 Å². The van der Waals surface area contributed by atoms with Crippen molar-refractivity contribution in [2.24, 2.45) is 10.7 Å². The molecule has 0 aliphatic carbocycles. The molecule has 1 unspecified atom stereocenters. The second kappa shape index (κ2) is 14.1. The van der Waals surface area contributed by atoms with Crippen LogP contribution < -0.4 is 16.4 Å². The number of benzene rings is 2. The van der Waals surface area contributed by atoms with Crippen LogP contribution in [0.4, 0.5) is 17.1 Å². The van der Waals surface area contributed by atoms with Crippen molar-refractivity contribution in [2.45, 2.75) is 64.8 Å². The molecule has 4 N–H and O–H groups in total. The molecular formula is C35H40N6O3. The highest BCUT2D eigenvalue weighted by atomic mass is 16.2. The van der Waals surface area contributed by atoms with Gasteiger partial charge in [-0.3, -0.25) is 19.4 Å². The maximum Gasteiger partial charge on any atom is 0.255 e. The van der Waals surface area contributed by atoms with Crippen LogP contribution in [-0.4, -0.2) is 52.4 Å². The molecule has 0 saturated carbocycles. The Morgan fingerprint density at radius 3 is 2.64 bits per heavy atom. The molecule has 2 aliphatic rings. The molecule has 2 aliphatic heterocycles. The van der Waals surface area contributed by atoms with Crippen molar-refractivity contribution in [3.8, 4) is 0 Å². The predicted molar refractivity (Wildman–Crippen MR) is 175 cm³/mol. The number of fused-ring (bicyclic) bond motifs is 2. The fraction of sp³-hybridized carbons (Fsp3) is 0.343. The molecule has 3 heterocycles. The van der Waals surface area contributed by atoms with Crippen LogP contribution in [0.2, 0.25) is 0 Å². The molecule has 1 atom stereocenters. The summed E-state index contributed by atoms with van der Waals surface area (Å²) >= 11 is 0. The number of amides is 2. The molecule has 9 nitrogen and oxygen atoms in total. The average Bonchev–Trinajstić information content (AvgIpc) is 3.20. The zero-order valence-electron chi connectivity index (χ0n) is 25.4. The van der Waals surface area contributed by atoms with Crippen molar-refractivity contribution >= 4 is 46.6 Å². The average molecular weight is 593 g/mol. The number of Topliss-reactive ketones (excluding diaryl/α,β-unsaturated/α-hetero) is 1. The molecule has 0 bridgehead atoms. The maximum atomic E-state index is 13.3. The number of carbonyl (C=O) groups excluding carboxylic acids is 3. The fourth-order valence-electron chi connectivity index (χ4n) is 5.75. The summed E-state index contributed by atoms with van der Waals surface area (Å²) in [5.74, 6) is 0.147.